The van der Waals surface area contributed by atoms with E-state index in [1.54, 1.807) is 14.2 Å². The summed E-state index contributed by atoms with van der Waals surface area (Å²) in [6.07, 6.45) is 0.704. The summed E-state index contributed by atoms with van der Waals surface area (Å²) in [5, 5.41) is 9.74. The smallest absolute Gasteiger partial charge is 0.161 e. The zero-order chi connectivity index (χ0) is 19.4. The number of anilines is 1. The number of nitrogens with zero attached hydrogens (tertiary/aromatic N) is 2. The van der Waals surface area contributed by atoms with Gasteiger partial charge in [-0.1, -0.05) is 43.3 Å². The fourth-order valence-electron chi connectivity index (χ4n) is 3.24. The fraction of sp³-hybridized carbons (Fsp3) is 0.182. The van der Waals surface area contributed by atoms with Gasteiger partial charge in [-0.05, 0) is 29.7 Å². The Hall–Kier alpha value is -3.52. The van der Waals surface area contributed by atoms with Crippen molar-refractivity contribution < 1.29 is 9.47 Å². The molecule has 0 radical (unpaired) electrons. The van der Waals surface area contributed by atoms with Crippen LogP contribution < -0.4 is 15.2 Å². The molecular formula is C22H21N3O2. The molecule has 0 unspecified atom stereocenters. The highest BCUT2D eigenvalue weighted by atomic mass is 16.5. The van der Waals surface area contributed by atoms with E-state index in [2.05, 4.69) is 11.1 Å². The summed E-state index contributed by atoms with van der Waals surface area (Å²) < 4.78 is 10.8. The summed E-state index contributed by atoms with van der Waals surface area (Å²) in [6.45, 7) is 2.05. The van der Waals surface area contributed by atoms with Gasteiger partial charge >= 0.3 is 0 Å². The van der Waals surface area contributed by atoms with Crippen LogP contribution >= 0.6 is 0 Å². The maximum atomic E-state index is 9.74. The van der Waals surface area contributed by atoms with Crippen LogP contribution in [0.3, 0.4) is 0 Å². The number of aromatic nitrogens is 1. The zero-order valence-electron chi connectivity index (χ0n) is 15.6. The van der Waals surface area contributed by atoms with Crippen molar-refractivity contribution in [3.8, 4) is 40.0 Å². The molecule has 5 nitrogen and oxygen atoms in total. The minimum Gasteiger partial charge on any atom is -0.493 e. The molecule has 0 atom stereocenters. The maximum Gasteiger partial charge on any atom is 0.161 e. The molecule has 3 rings (SSSR count). The number of nitrogen functional groups attached to an aromatic ring is 1. The number of rotatable bonds is 5. The first-order valence-electron chi connectivity index (χ1n) is 8.64. The number of pyridine rings is 1. The van der Waals surface area contributed by atoms with E-state index in [0.717, 1.165) is 27.9 Å². The predicted molar refractivity (Wildman–Crippen MR) is 107 cm³/mol. The van der Waals surface area contributed by atoms with Crippen molar-refractivity contribution >= 4 is 5.82 Å². The molecule has 0 aliphatic heterocycles. The van der Waals surface area contributed by atoms with Crippen molar-refractivity contribution in [2.75, 3.05) is 20.0 Å². The summed E-state index contributed by atoms with van der Waals surface area (Å²) in [4.78, 5) is 4.55. The van der Waals surface area contributed by atoms with E-state index in [0.29, 0.717) is 23.5 Å². The Labute approximate surface area is 159 Å². The standard InChI is InChI=1S/C22H21N3O2/c1-4-16-20(15-10-11-18(26-2)19(12-15)27-3)17(13-23)22(24)25-21(16)14-8-6-5-7-9-14/h5-12H,4H2,1-3H3,(H2,24,25). The molecule has 0 aliphatic rings. The maximum absolute atomic E-state index is 9.74. The summed E-state index contributed by atoms with van der Waals surface area (Å²) in [5.74, 6) is 1.44. The van der Waals surface area contributed by atoms with Crippen LogP contribution in [0.25, 0.3) is 22.4 Å². The minimum absolute atomic E-state index is 0.221. The molecule has 3 aromatic rings. The fourth-order valence-corrected chi connectivity index (χ4v) is 3.24. The molecule has 2 aromatic carbocycles. The highest BCUT2D eigenvalue weighted by Crippen LogP contribution is 2.39. The third kappa shape index (κ3) is 3.30. The van der Waals surface area contributed by atoms with Gasteiger partial charge in [0, 0.05) is 11.1 Å². The van der Waals surface area contributed by atoms with Crippen molar-refractivity contribution in [1.29, 1.82) is 5.26 Å². The van der Waals surface area contributed by atoms with E-state index >= 15 is 0 Å². The summed E-state index contributed by atoms with van der Waals surface area (Å²) in [6, 6.07) is 17.7. The minimum atomic E-state index is 0.221. The van der Waals surface area contributed by atoms with Crippen molar-refractivity contribution in [2.24, 2.45) is 0 Å². The quantitative estimate of drug-likeness (QED) is 0.728. The van der Waals surface area contributed by atoms with Crippen LogP contribution in [0.15, 0.2) is 48.5 Å². The van der Waals surface area contributed by atoms with Crippen LogP contribution in [0, 0.1) is 11.3 Å². The van der Waals surface area contributed by atoms with E-state index in [9.17, 15) is 5.26 Å². The molecule has 136 valence electrons. The number of methoxy groups -OCH3 is 2. The SMILES string of the molecule is CCc1c(-c2ccccc2)nc(N)c(C#N)c1-c1ccc(OC)c(OC)c1. The molecule has 0 aliphatic carbocycles. The normalized spacial score (nSPS) is 10.3. The highest BCUT2D eigenvalue weighted by molar-refractivity contribution is 5.85. The second-order valence-electron chi connectivity index (χ2n) is 5.98. The number of nitriles is 1. The first kappa shape index (κ1) is 18.3. The average molecular weight is 359 g/mol. The van der Waals surface area contributed by atoms with Crippen molar-refractivity contribution in [1.82, 2.24) is 4.98 Å². The molecule has 1 aromatic heterocycles. The first-order valence-corrected chi connectivity index (χ1v) is 8.64. The molecule has 2 N–H and O–H groups in total. The number of nitrogens with two attached hydrogens (primary N) is 1. The van der Waals surface area contributed by atoms with Crippen LogP contribution in [-0.2, 0) is 6.42 Å². The Bertz CT molecular complexity index is 1010. The van der Waals surface area contributed by atoms with Gasteiger partial charge in [0.25, 0.3) is 0 Å². The Balaban J connectivity index is 2.35. The number of benzene rings is 2. The van der Waals surface area contributed by atoms with Crippen LogP contribution in [-0.4, -0.2) is 19.2 Å². The Kier molecular flexibility index (Phi) is 5.28. The van der Waals surface area contributed by atoms with Crippen molar-refractivity contribution in [3.05, 3.63) is 59.7 Å². The van der Waals surface area contributed by atoms with Crippen LogP contribution in [0.1, 0.15) is 18.1 Å². The Morgan fingerprint density at radius 2 is 1.70 bits per heavy atom. The van der Waals surface area contributed by atoms with Gasteiger partial charge in [-0.25, -0.2) is 4.98 Å². The molecule has 0 bridgehead atoms. The lowest BCUT2D eigenvalue weighted by Gasteiger charge is -2.18. The lowest BCUT2D eigenvalue weighted by molar-refractivity contribution is 0.355. The molecule has 5 heteroatoms. The monoisotopic (exact) mass is 359 g/mol. The van der Waals surface area contributed by atoms with Gasteiger partial charge in [0.05, 0.1) is 19.9 Å². The van der Waals surface area contributed by atoms with Gasteiger partial charge in [0.1, 0.15) is 17.5 Å². The molecule has 0 spiro atoms. The van der Waals surface area contributed by atoms with Gasteiger partial charge in [-0.2, -0.15) is 5.26 Å². The Morgan fingerprint density at radius 3 is 2.30 bits per heavy atom. The molecule has 0 saturated carbocycles. The zero-order valence-corrected chi connectivity index (χ0v) is 15.6. The lowest BCUT2D eigenvalue weighted by atomic mass is 9.90. The van der Waals surface area contributed by atoms with Crippen molar-refractivity contribution in [2.45, 2.75) is 13.3 Å². The highest BCUT2D eigenvalue weighted by Gasteiger charge is 2.21. The van der Waals surface area contributed by atoms with Gasteiger partial charge in [0.2, 0.25) is 0 Å². The van der Waals surface area contributed by atoms with Gasteiger partial charge in [0.15, 0.2) is 11.5 Å². The van der Waals surface area contributed by atoms with Gasteiger partial charge < -0.3 is 15.2 Å². The molecule has 0 amide bonds. The second-order valence-corrected chi connectivity index (χ2v) is 5.98. The molecule has 1 heterocycles. The topological polar surface area (TPSA) is 81.2 Å². The van der Waals surface area contributed by atoms with Gasteiger partial charge in [-0.15, -0.1) is 0 Å². The van der Waals surface area contributed by atoms with E-state index in [1.165, 1.54) is 0 Å². The summed E-state index contributed by atoms with van der Waals surface area (Å²) in [5.41, 5.74) is 10.9. The predicted octanol–water partition coefficient (Wildman–Crippen LogP) is 4.45. The largest absolute Gasteiger partial charge is 0.493 e. The van der Waals surface area contributed by atoms with Crippen LogP contribution in [0.2, 0.25) is 0 Å². The molecule has 27 heavy (non-hydrogen) atoms. The van der Waals surface area contributed by atoms with E-state index in [1.807, 2.05) is 55.5 Å². The summed E-state index contributed by atoms with van der Waals surface area (Å²) >= 11 is 0. The van der Waals surface area contributed by atoms with Gasteiger partial charge in [-0.3, -0.25) is 0 Å². The Morgan fingerprint density at radius 1 is 1.00 bits per heavy atom. The third-order valence-electron chi connectivity index (χ3n) is 4.51. The van der Waals surface area contributed by atoms with Crippen LogP contribution in [0.5, 0.6) is 11.5 Å². The number of ether oxygens (including phenoxy) is 2. The number of hydrogen-bond donors (Lipinski definition) is 1. The van der Waals surface area contributed by atoms with E-state index in [-0.39, 0.29) is 5.82 Å². The molecular weight excluding hydrogens is 338 g/mol. The first-order chi connectivity index (χ1) is 13.1. The molecule has 0 fully saturated rings. The molecule has 0 saturated heterocycles. The third-order valence-corrected chi connectivity index (χ3v) is 4.51. The number of hydrogen-bond acceptors (Lipinski definition) is 5. The van der Waals surface area contributed by atoms with E-state index < -0.39 is 0 Å². The van der Waals surface area contributed by atoms with E-state index in [4.69, 9.17) is 15.2 Å². The second kappa shape index (κ2) is 7.79. The van der Waals surface area contributed by atoms with Crippen LogP contribution in [0.4, 0.5) is 5.82 Å². The van der Waals surface area contributed by atoms with Crippen molar-refractivity contribution in [3.63, 3.8) is 0 Å². The summed E-state index contributed by atoms with van der Waals surface area (Å²) in [7, 11) is 3.18. The lowest BCUT2D eigenvalue weighted by Crippen LogP contribution is -2.05. The average Bonchev–Trinajstić information content (AvgIpc) is 2.72.